The fourth-order valence-corrected chi connectivity index (χ4v) is 2.68. The van der Waals surface area contributed by atoms with Crippen molar-refractivity contribution in [3.8, 4) is 0 Å². The molecule has 20 heavy (non-hydrogen) atoms. The van der Waals surface area contributed by atoms with Crippen molar-refractivity contribution in [2.75, 3.05) is 7.05 Å². The summed E-state index contributed by atoms with van der Waals surface area (Å²) >= 11 is 0. The van der Waals surface area contributed by atoms with Gasteiger partial charge >= 0.3 is 0 Å². The highest BCUT2D eigenvalue weighted by molar-refractivity contribution is 5.85. The van der Waals surface area contributed by atoms with Gasteiger partial charge in [0, 0.05) is 12.5 Å². The first-order valence-corrected chi connectivity index (χ1v) is 6.85. The van der Waals surface area contributed by atoms with E-state index in [1.165, 1.54) is 11.1 Å². The van der Waals surface area contributed by atoms with Crippen LogP contribution in [-0.4, -0.2) is 23.2 Å². The molecule has 1 N–H and O–H groups in total. The van der Waals surface area contributed by atoms with Crippen LogP contribution in [0.2, 0.25) is 0 Å². The van der Waals surface area contributed by atoms with Crippen LogP contribution in [0.3, 0.4) is 0 Å². The number of aryl methyl sites for hydroxylation is 1. The molecule has 0 aliphatic heterocycles. The maximum Gasteiger partial charge on any atom is 0.234 e. The molecule has 2 unspecified atom stereocenters. The molecule has 1 heterocycles. The Morgan fingerprint density at radius 2 is 2.20 bits per heavy atom. The third kappa shape index (κ3) is 2.86. The lowest BCUT2D eigenvalue weighted by molar-refractivity contribution is 0.359. The smallest absolute Gasteiger partial charge is 0.234 e. The molecule has 4 nitrogen and oxygen atoms in total. The summed E-state index contributed by atoms with van der Waals surface area (Å²) in [7, 11) is 1.94. The van der Waals surface area contributed by atoms with E-state index in [2.05, 4.69) is 46.6 Å². The number of rotatable bonds is 4. The maximum absolute atomic E-state index is 5.46. The second-order valence-electron chi connectivity index (χ2n) is 5.23. The Balaban J connectivity index is 0.00000147. The average Bonchev–Trinajstić information content (AvgIpc) is 3.04. The fraction of sp³-hybridized carbons (Fsp3) is 0.467. The molecular formula is C15H20ClN3O. The van der Waals surface area contributed by atoms with E-state index in [-0.39, 0.29) is 18.3 Å². The summed E-state index contributed by atoms with van der Waals surface area (Å²) in [6.07, 6.45) is 2.97. The summed E-state index contributed by atoms with van der Waals surface area (Å²) in [5, 5.41) is 7.28. The van der Waals surface area contributed by atoms with E-state index in [0.29, 0.717) is 6.04 Å². The molecule has 108 valence electrons. The molecular weight excluding hydrogens is 274 g/mol. The quantitative estimate of drug-likeness (QED) is 0.942. The van der Waals surface area contributed by atoms with Crippen LogP contribution < -0.4 is 5.32 Å². The Labute approximate surface area is 125 Å². The van der Waals surface area contributed by atoms with Crippen molar-refractivity contribution in [1.29, 1.82) is 0 Å². The Hall–Kier alpha value is -1.39. The van der Waals surface area contributed by atoms with E-state index in [1.54, 1.807) is 0 Å². The summed E-state index contributed by atoms with van der Waals surface area (Å²) in [5.74, 6) is 1.84. The number of nitrogens with one attached hydrogen (secondary N) is 1. The molecule has 3 rings (SSSR count). The lowest BCUT2D eigenvalue weighted by atomic mass is 10.0. The first-order chi connectivity index (χ1) is 9.28. The lowest BCUT2D eigenvalue weighted by Gasteiger charge is -2.06. The Morgan fingerprint density at radius 3 is 3.00 bits per heavy atom. The van der Waals surface area contributed by atoms with Crippen LogP contribution in [0.25, 0.3) is 0 Å². The van der Waals surface area contributed by atoms with Gasteiger partial charge in [-0.1, -0.05) is 29.4 Å². The number of hydrogen-bond donors (Lipinski definition) is 1. The van der Waals surface area contributed by atoms with Crippen molar-refractivity contribution in [2.24, 2.45) is 0 Å². The Kier molecular flexibility index (Phi) is 4.78. The zero-order valence-corrected chi connectivity index (χ0v) is 12.6. The van der Waals surface area contributed by atoms with Crippen molar-refractivity contribution < 1.29 is 4.52 Å². The molecule has 1 aromatic carbocycles. The van der Waals surface area contributed by atoms with Crippen LogP contribution in [0, 0.1) is 0 Å². The molecule has 1 aromatic heterocycles. The SMILES string of the molecule is CNC(C)Cc1noc(C2CCc3ccccc32)n1.Cl. The number of nitrogens with zero attached hydrogens (tertiary/aromatic N) is 2. The molecule has 5 heteroatoms. The molecule has 1 aliphatic rings. The van der Waals surface area contributed by atoms with Crippen molar-refractivity contribution in [3.63, 3.8) is 0 Å². The zero-order valence-electron chi connectivity index (χ0n) is 11.8. The van der Waals surface area contributed by atoms with E-state index >= 15 is 0 Å². The van der Waals surface area contributed by atoms with Crippen LogP contribution in [-0.2, 0) is 12.8 Å². The molecule has 0 saturated carbocycles. The highest BCUT2D eigenvalue weighted by Crippen LogP contribution is 2.36. The number of aromatic nitrogens is 2. The van der Waals surface area contributed by atoms with Crippen LogP contribution in [0.1, 0.15) is 42.1 Å². The van der Waals surface area contributed by atoms with Gasteiger partial charge in [0.05, 0.1) is 5.92 Å². The van der Waals surface area contributed by atoms with Gasteiger partial charge in [-0.05, 0) is 37.9 Å². The summed E-state index contributed by atoms with van der Waals surface area (Å²) in [6, 6.07) is 8.90. The molecule has 0 saturated heterocycles. The van der Waals surface area contributed by atoms with Gasteiger partial charge in [-0.2, -0.15) is 4.98 Å². The van der Waals surface area contributed by atoms with Gasteiger partial charge in [0.2, 0.25) is 5.89 Å². The fourth-order valence-electron chi connectivity index (χ4n) is 2.68. The minimum Gasteiger partial charge on any atom is -0.339 e. The molecule has 0 radical (unpaired) electrons. The molecule has 1 aliphatic carbocycles. The van der Waals surface area contributed by atoms with Gasteiger partial charge in [-0.25, -0.2) is 0 Å². The number of hydrogen-bond acceptors (Lipinski definition) is 4. The molecule has 2 aromatic rings. The number of benzene rings is 1. The summed E-state index contributed by atoms with van der Waals surface area (Å²) < 4.78 is 5.46. The molecule has 0 amide bonds. The lowest BCUT2D eigenvalue weighted by Crippen LogP contribution is -2.24. The minimum absolute atomic E-state index is 0. The van der Waals surface area contributed by atoms with Crippen molar-refractivity contribution in [2.45, 2.75) is 38.1 Å². The third-order valence-corrected chi connectivity index (χ3v) is 3.90. The average molecular weight is 294 g/mol. The summed E-state index contributed by atoms with van der Waals surface area (Å²) in [4.78, 5) is 4.56. The number of likely N-dealkylation sites (N-methyl/N-ethyl adjacent to an activating group) is 1. The largest absolute Gasteiger partial charge is 0.339 e. The van der Waals surface area contributed by atoms with Crippen molar-refractivity contribution in [1.82, 2.24) is 15.5 Å². The van der Waals surface area contributed by atoms with Gasteiger partial charge in [-0.3, -0.25) is 0 Å². The first kappa shape index (κ1) is 15.0. The molecule has 0 bridgehead atoms. The molecule has 0 spiro atoms. The van der Waals surface area contributed by atoms with Gasteiger partial charge < -0.3 is 9.84 Å². The Bertz CT molecular complexity index is 570. The number of halogens is 1. The van der Waals surface area contributed by atoms with Gasteiger partial charge in [0.25, 0.3) is 0 Å². The van der Waals surface area contributed by atoms with Crippen molar-refractivity contribution >= 4 is 12.4 Å². The van der Waals surface area contributed by atoms with E-state index in [1.807, 2.05) is 7.05 Å². The monoisotopic (exact) mass is 293 g/mol. The van der Waals surface area contributed by atoms with Gasteiger partial charge in [-0.15, -0.1) is 12.4 Å². The van der Waals surface area contributed by atoms with E-state index in [9.17, 15) is 0 Å². The standard InChI is InChI=1S/C15H19N3O.ClH/c1-10(16-2)9-14-17-15(19-18-14)13-8-7-11-5-3-4-6-12(11)13;/h3-6,10,13,16H,7-9H2,1-2H3;1H. The molecule has 0 fully saturated rings. The van der Waals surface area contributed by atoms with E-state index in [0.717, 1.165) is 31.0 Å². The minimum atomic E-state index is 0. The van der Waals surface area contributed by atoms with Crippen molar-refractivity contribution in [3.05, 3.63) is 47.1 Å². The molecule has 2 atom stereocenters. The second-order valence-corrected chi connectivity index (χ2v) is 5.23. The van der Waals surface area contributed by atoms with Crippen LogP contribution in [0.5, 0.6) is 0 Å². The van der Waals surface area contributed by atoms with Gasteiger partial charge in [0.1, 0.15) is 0 Å². The highest BCUT2D eigenvalue weighted by atomic mass is 35.5. The van der Waals surface area contributed by atoms with Crippen LogP contribution in [0.4, 0.5) is 0 Å². The third-order valence-electron chi connectivity index (χ3n) is 3.90. The van der Waals surface area contributed by atoms with E-state index in [4.69, 9.17) is 4.52 Å². The summed E-state index contributed by atoms with van der Waals surface area (Å²) in [5.41, 5.74) is 2.76. The Morgan fingerprint density at radius 1 is 1.40 bits per heavy atom. The van der Waals surface area contributed by atoms with Crippen LogP contribution in [0.15, 0.2) is 28.8 Å². The topological polar surface area (TPSA) is 51.0 Å². The second kappa shape index (κ2) is 6.37. The predicted molar refractivity (Wildman–Crippen MR) is 80.4 cm³/mol. The highest BCUT2D eigenvalue weighted by Gasteiger charge is 2.28. The van der Waals surface area contributed by atoms with Crippen LogP contribution >= 0.6 is 12.4 Å². The first-order valence-electron chi connectivity index (χ1n) is 6.85. The normalized spacial score (nSPS) is 18.4. The summed E-state index contributed by atoms with van der Waals surface area (Å²) in [6.45, 7) is 2.11. The zero-order chi connectivity index (χ0) is 13.2. The predicted octanol–water partition coefficient (Wildman–Crippen LogP) is 2.72. The van der Waals surface area contributed by atoms with Gasteiger partial charge in [0.15, 0.2) is 5.82 Å². The van der Waals surface area contributed by atoms with E-state index < -0.39 is 0 Å². The number of fused-ring (bicyclic) bond motifs is 1. The maximum atomic E-state index is 5.46.